The summed E-state index contributed by atoms with van der Waals surface area (Å²) in [5.74, 6) is 1.50. The summed E-state index contributed by atoms with van der Waals surface area (Å²) in [6, 6.07) is 0. The topological polar surface area (TPSA) is 63.8 Å². The number of anilines is 2. The third kappa shape index (κ3) is 4.90. The summed E-state index contributed by atoms with van der Waals surface area (Å²) in [6.45, 7) is 5.29. The van der Waals surface area contributed by atoms with Crippen LogP contribution in [0.1, 0.15) is 57.9 Å². The number of rotatable bonds is 9. The quantitative estimate of drug-likeness (QED) is 0.659. The predicted molar refractivity (Wildman–Crippen MR) is 77.7 cm³/mol. The second-order valence-electron chi connectivity index (χ2n) is 4.63. The van der Waals surface area contributed by atoms with E-state index in [1.165, 1.54) is 44.9 Å². The van der Waals surface area contributed by atoms with Gasteiger partial charge in [0.25, 0.3) is 0 Å². The zero-order chi connectivity index (χ0) is 13.2. The van der Waals surface area contributed by atoms with E-state index in [9.17, 15) is 0 Å². The van der Waals surface area contributed by atoms with Gasteiger partial charge in [-0.1, -0.05) is 46.0 Å². The van der Waals surface area contributed by atoms with E-state index < -0.39 is 0 Å². The molecule has 1 rings (SSSR count). The molecule has 0 bridgehead atoms. The minimum Gasteiger partial charge on any atom is -0.383 e. The van der Waals surface area contributed by atoms with Crippen LogP contribution in [-0.4, -0.2) is 16.5 Å². The number of aromatic nitrogens is 2. The molecule has 0 unspecified atom stereocenters. The van der Waals surface area contributed by atoms with E-state index in [0.29, 0.717) is 5.82 Å². The molecule has 102 valence electrons. The van der Waals surface area contributed by atoms with Crippen LogP contribution < -0.4 is 11.1 Å². The molecule has 0 aliphatic heterocycles. The molecule has 1 heterocycles. The molecule has 0 aliphatic carbocycles. The highest BCUT2D eigenvalue weighted by Gasteiger charge is 2.05. The largest absolute Gasteiger partial charge is 0.383 e. The molecule has 1 aromatic rings. The lowest BCUT2D eigenvalue weighted by atomic mass is 10.1. The molecule has 4 heteroatoms. The lowest BCUT2D eigenvalue weighted by Gasteiger charge is -2.10. The molecule has 3 N–H and O–H groups in total. The molecule has 4 nitrogen and oxygen atoms in total. The summed E-state index contributed by atoms with van der Waals surface area (Å²) in [5, 5.41) is 3.36. The lowest BCUT2D eigenvalue weighted by Crippen LogP contribution is -2.09. The fourth-order valence-corrected chi connectivity index (χ4v) is 2.04. The monoisotopic (exact) mass is 250 g/mol. The number of hydrogen-bond acceptors (Lipinski definition) is 4. The molecule has 0 aromatic carbocycles. The van der Waals surface area contributed by atoms with Crippen molar-refractivity contribution in [3.05, 3.63) is 11.9 Å². The molecule has 0 amide bonds. The fraction of sp³-hybridized carbons (Fsp3) is 0.714. The van der Waals surface area contributed by atoms with E-state index in [2.05, 4.69) is 29.1 Å². The van der Waals surface area contributed by atoms with Crippen molar-refractivity contribution in [2.24, 2.45) is 0 Å². The standard InChI is InChI=1S/C14H26N4/c1-3-5-6-7-8-9-10-16-14-12(4-2)13(15)17-11-18-14/h11H,3-10H2,1-2H3,(H3,15,16,17,18). The number of nitrogen functional groups attached to an aromatic ring is 1. The number of nitrogens with one attached hydrogen (secondary N) is 1. The van der Waals surface area contributed by atoms with Crippen LogP contribution in [0.2, 0.25) is 0 Å². The molecule has 0 fully saturated rings. The summed E-state index contributed by atoms with van der Waals surface area (Å²) in [6.07, 6.45) is 10.2. The van der Waals surface area contributed by atoms with Crippen molar-refractivity contribution < 1.29 is 0 Å². The molecule has 0 radical (unpaired) electrons. The van der Waals surface area contributed by atoms with E-state index in [1.807, 2.05) is 0 Å². The Hall–Kier alpha value is -1.32. The Morgan fingerprint density at radius 1 is 1.06 bits per heavy atom. The third-order valence-corrected chi connectivity index (χ3v) is 3.16. The van der Waals surface area contributed by atoms with Gasteiger partial charge in [-0.15, -0.1) is 0 Å². The molecule has 0 atom stereocenters. The number of unbranched alkanes of at least 4 members (excludes halogenated alkanes) is 5. The first-order chi connectivity index (χ1) is 8.79. The smallest absolute Gasteiger partial charge is 0.134 e. The van der Waals surface area contributed by atoms with Gasteiger partial charge in [0, 0.05) is 12.1 Å². The summed E-state index contributed by atoms with van der Waals surface area (Å²) >= 11 is 0. The van der Waals surface area contributed by atoms with Crippen LogP contribution in [0.25, 0.3) is 0 Å². The Bertz CT molecular complexity index is 339. The zero-order valence-corrected chi connectivity index (χ0v) is 11.7. The van der Waals surface area contributed by atoms with Crippen LogP contribution in [0.15, 0.2) is 6.33 Å². The van der Waals surface area contributed by atoms with Gasteiger partial charge in [0.05, 0.1) is 0 Å². The average molecular weight is 250 g/mol. The van der Waals surface area contributed by atoms with Gasteiger partial charge in [-0.2, -0.15) is 0 Å². The molecule has 0 spiro atoms. The van der Waals surface area contributed by atoms with E-state index in [4.69, 9.17) is 5.73 Å². The van der Waals surface area contributed by atoms with Crippen LogP contribution >= 0.6 is 0 Å². The summed E-state index contributed by atoms with van der Waals surface area (Å²) < 4.78 is 0. The van der Waals surface area contributed by atoms with Gasteiger partial charge >= 0.3 is 0 Å². The van der Waals surface area contributed by atoms with Crippen molar-refractivity contribution in [3.8, 4) is 0 Å². The van der Waals surface area contributed by atoms with Gasteiger partial charge in [0.2, 0.25) is 0 Å². The molecule has 0 saturated heterocycles. The Labute approximate surface area is 110 Å². The van der Waals surface area contributed by atoms with E-state index in [0.717, 1.165) is 24.3 Å². The third-order valence-electron chi connectivity index (χ3n) is 3.16. The number of nitrogens with zero attached hydrogens (tertiary/aromatic N) is 2. The summed E-state index contributed by atoms with van der Waals surface area (Å²) in [4.78, 5) is 8.27. The van der Waals surface area contributed by atoms with Crippen LogP contribution in [0, 0.1) is 0 Å². The van der Waals surface area contributed by atoms with Crippen molar-refractivity contribution >= 4 is 11.6 Å². The van der Waals surface area contributed by atoms with Crippen LogP contribution in [0.5, 0.6) is 0 Å². The van der Waals surface area contributed by atoms with Crippen LogP contribution in [-0.2, 0) is 6.42 Å². The Kier molecular flexibility index (Phi) is 7.14. The van der Waals surface area contributed by atoms with E-state index >= 15 is 0 Å². The van der Waals surface area contributed by atoms with Gasteiger partial charge in [0.15, 0.2) is 0 Å². The van der Waals surface area contributed by atoms with Crippen molar-refractivity contribution in [3.63, 3.8) is 0 Å². The highest BCUT2D eigenvalue weighted by molar-refractivity contribution is 5.54. The SMILES string of the molecule is CCCCCCCCNc1ncnc(N)c1CC. The highest BCUT2D eigenvalue weighted by atomic mass is 15.0. The van der Waals surface area contributed by atoms with Crippen molar-refractivity contribution in [1.29, 1.82) is 0 Å². The fourth-order valence-electron chi connectivity index (χ4n) is 2.04. The van der Waals surface area contributed by atoms with Crippen molar-refractivity contribution in [2.45, 2.75) is 58.8 Å². The second-order valence-corrected chi connectivity index (χ2v) is 4.63. The minimum atomic E-state index is 0.595. The maximum atomic E-state index is 5.83. The minimum absolute atomic E-state index is 0.595. The molecule has 0 aliphatic rings. The first-order valence-electron chi connectivity index (χ1n) is 7.12. The lowest BCUT2D eigenvalue weighted by molar-refractivity contribution is 0.616. The molecule has 0 saturated carbocycles. The van der Waals surface area contributed by atoms with Gasteiger partial charge in [0.1, 0.15) is 18.0 Å². The highest BCUT2D eigenvalue weighted by Crippen LogP contribution is 2.17. The molecular formula is C14H26N4. The normalized spacial score (nSPS) is 10.6. The second kappa shape index (κ2) is 8.72. The maximum absolute atomic E-state index is 5.83. The molecule has 18 heavy (non-hydrogen) atoms. The van der Waals surface area contributed by atoms with Crippen molar-refractivity contribution in [2.75, 3.05) is 17.6 Å². The van der Waals surface area contributed by atoms with Crippen LogP contribution in [0.4, 0.5) is 11.6 Å². The van der Waals surface area contributed by atoms with Crippen LogP contribution in [0.3, 0.4) is 0 Å². The van der Waals surface area contributed by atoms with Gasteiger partial charge < -0.3 is 11.1 Å². The van der Waals surface area contributed by atoms with E-state index in [-0.39, 0.29) is 0 Å². The zero-order valence-electron chi connectivity index (χ0n) is 11.7. The van der Waals surface area contributed by atoms with E-state index in [1.54, 1.807) is 0 Å². The first kappa shape index (κ1) is 14.7. The maximum Gasteiger partial charge on any atom is 0.134 e. The van der Waals surface area contributed by atoms with Gasteiger partial charge in [-0.05, 0) is 12.8 Å². The van der Waals surface area contributed by atoms with Gasteiger partial charge in [-0.25, -0.2) is 9.97 Å². The van der Waals surface area contributed by atoms with Crippen molar-refractivity contribution in [1.82, 2.24) is 9.97 Å². The Morgan fingerprint density at radius 3 is 2.50 bits per heavy atom. The summed E-state index contributed by atoms with van der Waals surface area (Å²) in [5.41, 5.74) is 6.86. The Balaban J connectivity index is 2.25. The molecule has 1 aromatic heterocycles. The van der Waals surface area contributed by atoms with Gasteiger partial charge in [-0.3, -0.25) is 0 Å². The molecular weight excluding hydrogens is 224 g/mol. The first-order valence-corrected chi connectivity index (χ1v) is 7.12. The average Bonchev–Trinajstić information content (AvgIpc) is 2.38. The number of hydrogen-bond donors (Lipinski definition) is 2. The Morgan fingerprint density at radius 2 is 1.78 bits per heavy atom. The predicted octanol–water partition coefficient (Wildman–Crippen LogP) is 3.39. The summed E-state index contributed by atoms with van der Waals surface area (Å²) in [7, 11) is 0. The number of nitrogens with two attached hydrogens (primary N) is 1.